The number of aromatic amines is 2. The van der Waals surface area contributed by atoms with Crippen LogP contribution in [0.15, 0.2) is 36.7 Å². The number of nitrogens with one attached hydrogen (secondary N) is 4. The summed E-state index contributed by atoms with van der Waals surface area (Å²) in [5.41, 5.74) is 3.74. The number of hydrogen-bond acceptors (Lipinski definition) is 4. The summed E-state index contributed by atoms with van der Waals surface area (Å²) >= 11 is 3.39. The van der Waals surface area contributed by atoms with Gasteiger partial charge in [0.15, 0.2) is 0 Å². The Kier molecular flexibility index (Phi) is 8.17. The van der Waals surface area contributed by atoms with Crippen molar-refractivity contribution in [2.75, 3.05) is 27.9 Å². The third-order valence-electron chi connectivity index (χ3n) is 5.38. The van der Waals surface area contributed by atoms with Crippen molar-refractivity contribution < 1.29 is 19.5 Å². The SMILES string of the molecule is CCCC(=O)Nc1c[nH]c(C(=O)Nc2c[nH]c(C(=O)N(C)c3ccc(O)cc3CCBr)c2)c1C. The molecule has 3 rings (SSSR count). The molecule has 0 aliphatic rings. The average Bonchev–Trinajstić information content (AvgIpc) is 3.40. The lowest BCUT2D eigenvalue weighted by Crippen LogP contribution is -2.27. The highest BCUT2D eigenvalue weighted by atomic mass is 79.9. The second kappa shape index (κ2) is 11.1. The lowest BCUT2D eigenvalue weighted by atomic mass is 10.1. The number of anilines is 3. The number of hydrogen-bond donors (Lipinski definition) is 5. The number of aromatic nitrogens is 2. The number of amides is 3. The number of benzene rings is 1. The van der Waals surface area contributed by atoms with Gasteiger partial charge >= 0.3 is 0 Å². The smallest absolute Gasteiger partial charge is 0.274 e. The van der Waals surface area contributed by atoms with Crippen LogP contribution in [0.1, 0.15) is 51.9 Å². The van der Waals surface area contributed by atoms with E-state index in [-0.39, 0.29) is 17.6 Å². The van der Waals surface area contributed by atoms with Crippen LogP contribution in [-0.4, -0.2) is 45.2 Å². The zero-order valence-electron chi connectivity index (χ0n) is 19.3. The van der Waals surface area contributed by atoms with Gasteiger partial charge in [-0.2, -0.15) is 0 Å². The van der Waals surface area contributed by atoms with Gasteiger partial charge in [-0.3, -0.25) is 14.4 Å². The number of halogens is 1. The van der Waals surface area contributed by atoms with Crippen LogP contribution in [0.5, 0.6) is 5.75 Å². The van der Waals surface area contributed by atoms with E-state index in [0.29, 0.717) is 52.2 Å². The van der Waals surface area contributed by atoms with Crippen LogP contribution in [0, 0.1) is 6.92 Å². The topological polar surface area (TPSA) is 130 Å². The van der Waals surface area contributed by atoms with Gasteiger partial charge in [0.05, 0.1) is 11.4 Å². The molecule has 0 unspecified atom stereocenters. The average molecular weight is 530 g/mol. The lowest BCUT2D eigenvalue weighted by Gasteiger charge is -2.20. The van der Waals surface area contributed by atoms with Gasteiger partial charge in [-0.05, 0) is 49.6 Å². The number of rotatable bonds is 9. The van der Waals surface area contributed by atoms with Crippen LogP contribution in [0.25, 0.3) is 0 Å². The van der Waals surface area contributed by atoms with Crippen LogP contribution in [-0.2, 0) is 11.2 Å². The van der Waals surface area contributed by atoms with Crippen molar-refractivity contribution in [3.05, 3.63) is 59.2 Å². The van der Waals surface area contributed by atoms with Gasteiger partial charge in [0.2, 0.25) is 5.91 Å². The minimum Gasteiger partial charge on any atom is -0.508 e. The lowest BCUT2D eigenvalue weighted by molar-refractivity contribution is -0.116. The van der Waals surface area contributed by atoms with Crippen molar-refractivity contribution in [3.63, 3.8) is 0 Å². The largest absolute Gasteiger partial charge is 0.508 e. The molecule has 0 spiro atoms. The van der Waals surface area contributed by atoms with Gasteiger partial charge in [0, 0.05) is 42.4 Å². The van der Waals surface area contributed by atoms with Crippen LogP contribution >= 0.6 is 15.9 Å². The molecule has 0 saturated carbocycles. The number of carbonyl (C=O) groups is 3. The number of aromatic hydroxyl groups is 1. The fourth-order valence-corrected chi connectivity index (χ4v) is 4.00. The highest BCUT2D eigenvalue weighted by Crippen LogP contribution is 2.27. The summed E-state index contributed by atoms with van der Waals surface area (Å²) in [6, 6.07) is 6.43. The number of nitrogens with zero attached hydrogens (tertiary/aromatic N) is 1. The van der Waals surface area contributed by atoms with Crippen LogP contribution in [0.3, 0.4) is 0 Å². The summed E-state index contributed by atoms with van der Waals surface area (Å²) < 4.78 is 0. The minimum absolute atomic E-state index is 0.109. The molecule has 0 fully saturated rings. The predicted octanol–water partition coefficient (Wildman–Crippen LogP) is 4.56. The monoisotopic (exact) mass is 529 g/mol. The molecule has 1 aromatic carbocycles. The van der Waals surface area contributed by atoms with E-state index < -0.39 is 5.91 Å². The fourth-order valence-electron chi connectivity index (χ4n) is 3.58. The first-order valence-corrected chi connectivity index (χ1v) is 12.0. The van der Waals surface area contributed by atoms with Crippen molar-refractivity contribution in [1.82, 2.24) is 9.97 Å². The normalized spacial score (nSPS) is 10.7. The maximum Gasteiger partial charge on any atom is 0.274 e. The number of aryl methyl sites for hydroxylation is 1. The molecule has 0 saturated heterocycles. The number of phenolic OH excluding ortho intramolecular Hbond substituents is 1. The molecule has 34 heavy (non-hydrogen) atoms. The molecular formula is C24H28BrN5O4. The van der Waals surface area contributed by atoms with Crippen LogP contribution < -0.4 is 15.5 Å². The van der Waals surface area contributed by atoms with E-state index in [0.717, 1.165) is 12.0 Å². The third kappa shape index (κ3) is 5.69. The number of carbonyl (C=O) groups excluding carboxylic acids is 3. The van der Waals surface area contributed by atoms with Gasteiger partial charge < -0.3 is 30.6 Å². The zero-order valence-corrected chi connectivity index (χ0v) is 20.9. The summed E-state index contributed by atoms with van der Waals surface area (Å²) in [5, 5.41) is 16.0. The molecule has 0 aliphatic carbocycles. The summed E-state index contributed by atoms with van der Waals surface area (Å²) in [6.07, 6.45) is 4.90. The molecule has 3 amide bonds. The molecule has 0 bridgehead atoms. The quantitative estimate of drug-likeness (QED) is 0.260. The number of alkyl halides is 1. The molecule has 5 N–H and O–H groups in total. The molecular weight excluding hydrogens is 502 g/mol. The van der Waals surface area contributed by atoms with Gasteiger partial charge in [-0.15, -0.1) is 0 Å². The maximum atomic E-state index is 13.0. The van der Waals surface area contributed by atoms with Crippen molar-refractivity contribution in [1.29, 1.82) is 0 Å². The first-order chi connectivity index (χ1) is 16.2. The first-order valence-electron chi connectivity index (χ1n) is 10.9. The van der Waals surface area contributed by atoms with Crippen molar-refractivity contribution in [3.8, 4) is 5.75 Å². The predicted molar refractivity (Wildman–Crippen MR) is 136 cm³/mol. The Labute approximate surface area is 206 Å². The summed E-state index contributed by atoms with van der Waals surface area (Å²) in [4.78, 5) is 44.9. The Morgan fingerprint density at radius 1 is 1.12 bits per heavy atom. The molecule has 0 radical (unpaired) electrons. The van der Waals surface area contributed by atoms with E-state index in [1.165, 1.54) is 17.2 Å². The Balaban J connectivity index is 1.71. The van der Waals surface area contributed by atoms with Gasteiger partial charge in [-0.1, -0.05) is 22.9 Å². The summed E-state index contributed by atoms with van der Waals surface area (Å²) in [6.45, 7) is 3.67. The highest BCUT2D eigenvalue weighted by molar-refractivity contribution is 9.09. The van der Waals surface area contributed by atoms with Crippen molar-refractivity contribution in [2.45, 2.75) is 33.1 Å². The number of H-pyrrole nitrogens is 2. The van der Waals surface area contributed by atoms with Crippen molar-refractivity contribution in [2.24, 2.45) is 0 Å². The molecule has 180 valence electrons. The van der Waals surface area contributed by atoms with E-state index >= 15 is 0 Å². The van der Waals surface area contributed by atoms with Crippen LogP contribution in [0.2, 0.25) is 0 Å². The standard InChI is InChI=1S/C24H28BrN5O4/c1-4-5-21(32)29-19-13-27-22(14(19)2)23(33)28-16-11-18(26-12-16)24(34)30(3)20-7-6-17(31)10-15(20)8-9-25/h6-7,10-13,26-27,31H,4-5,8-9H2,1-3H3,(H,28,33)(H,29,32). The Bertz CT molecular complexity index is 1200. The first kappa shape index (κ1) is 25.1. The zero-order chi connectivity index (χ0) is 24.8. The van der Waals surface area contributed by atoms with E-state index in [9.17, 15) is 19.5 Å². The molecule has 0 aliphatic heterocycles. The summed E-state index contributed by atoms with van der Waals surface area (Å²) in [5.74, 6) is -0.655. The molecule has 0 atom stereocenters. The Morgan fingerprint density at radius 2 is 1.88 bits per heavy atom. The molecule has 9 nitrogen and oxygen atoms in total. The van der Waals surface area contributed by atoms with Gasteiger partial charge in [0.1, 0.15) is 17.1 Å². The molecule has 10 heteroatoms. The van der Waals surface area contributed by atoms with E-state index in [4.69, 9.17) is 0 Å². The molecule has 2 aromatic heterocycles. The Hall–Kier alpha value is -3.53. The molecule has 2 heterocycles. The highest BCUT2D eigenvalue weighted by Gasteiger charge is 2.20. The van der Waals surface area contributed by atoms with Gasteiger partial charge in [0.25, 0.3) is 11.8 Å². The number of phenols is 1. The van der Waals surface area contributed by atoms with E-state index in [2.05, 4.69) is 36.5 Å². The van der Waals surface area contributed by atoms with Crippen LogP contribution in [0.4, 0.5) is 17.1 Å². The second-order valence-electron chi connectivity index (χ2n) is 7.87. The second-order valence-corrected chi connectivity index (χ2v) is 8.67. The third-order valence-corrected chi connectivity index (χ3v) is 5.78. The van der Waals surface area contributed by atoms with Gasteiger partial charge in [-0.25, -0.2) is 0 Å². The van der Waals surface area contributed by atoms with E-state index in [1.54, 1.807) is 38.4 Å². The maximum absolute atomic E-state index is 13.0. The Morgan fingerprint density at radius 3 is 2.59 bits per heavy atom. The van der Waals surface area contributed by atoms with E-state index in [1.807, 2.05) is 6.92 Å². The summed E-state index contributed by atoms with van der Waals surface area (Å²) in [7, 11) is 1.65. The minimum atomic E-state index is -0.391. The van der Waals surface area contributed by atoms with Crippen molar-refractivity contribution >= 4 is 50.7 Å². The molecule has 3 aromatic rings. The fraction of sp³-hybridized carbons (Fsp3) is 0.292.